The molecule has 0 saturated carbocycles. The van der Waals surface area contributed by atoms with E-state index in [9.17, 15) is 74.6 Å². The first-order valence-electron chi connectivity index (χ1n) is 6.18. The smallest absolute Gasteiger partial charge is 0.366 e. The maximum Gasteiger partial charge on any atom is 0.460 e. The lowest BCUT2D eigenvalue weighted by Gasteiger charge is -2.42. The van der Waals surface area contributed by atoms with Gasteiger partial charge in [-0.2, -0.15) is 74.6 Å². The first-order chi connectivity index (χ1) is 11.9. The molecule has 28 heavy (non-hydrogen) atoms. The molecule has 0 radical (unpaired) electrons. The van der Waals surface area contributed by atoms with Gasteiger partial charge in [-0.1, -0.05) is 0 Å². The van der Waals surface area contributed by atoms with Gasteiger partial charge in [-0.05, 0) is 0 Å². The Kier molecular flexibility index (Phi) is 5.23. The lowest BCUT2D eigenvalue weighted by molar-refractivity contribution is -0.462. The zero-order valence-corrected chi connectivity index (χ0v) is 12.1. The molecule has 1 atom stereocenters. The van der Waals surface area contributed by atoms with E-state index in [0.717, 1.165) is 0 Å². The summed E-state index contributed by atoms with van der Waals surface area (Å²) in [6, 6.07) is 0. The summed E-state index contributed by atoms with van der Waals surface area (Å²) in [4.78, 5) is 0. The van der Waals surface area contributed by atoms with E-state index >= 15 is 0 Å². The third kappa shape index (κ3) is 2.79. The van der Waals surface area contributed by atoms with E-state index in [0.29, 0.717) is 0 Å². The quantitative estimate of drug-likeness (QED) is 0.365. The highest BCUT2D eigenvalue weighted by Gasteiger charge is 2.95. The molecule has 0 N–H and O–H groups in total. The van der Waals surface area contributed by atoms with Crippen LogP contribution in [0, 0.1) is 0 Å². The molecule has 0 aromatic rings. The van der Waals surface area contributed by atoms with Gasteiger partial charge < -0.3 is 4.74 Å². The number of rotatable bonds is 7. The van der Waals surface area contributed by atoms with Gasteiger partial charge in [0.1, 0.15) is 0 Å². The SMILES string of the molecule is FC(F)(F)C(F)(F)C(F)(F)C(F)(F)C(F)(F)C(F)(F)C(F)(F)C(F)(F)[C@H]1CO1. The molecular weight excluding hydrogens is 459 g/mol. The van der Waals surface area contributed by atoms with Gasteiger partial charge in [0.25, 0.3) is 0 Å². The fourth-order valence-electron chi connectivity index (χ4n) is 1.64. The van der Waals surface area contributed by atoms with Crippen LogP contribution in [-0.4, -0.2) is 60.3 Å². The summed E-state index contributed by atoms with van der Waals surface area (Å²) in [5.41, 5.74) is 0. The van der Waals surface area contributed by atoms with Crippen LogP contribution in [0.2, 0.25) is 0 Å². The largest absolute Gasteiger partial charge is 0.460 e. The van der Waals surface area contributed by atoms with Gasteiger partial charge in [-0.15, -0.1) is 0 Å². The van der Waals surface area contributed by atoms with E-state index in [-0.39, 0.29) is 0 Å². The van der Waals surface area contributed by atoms with Crippen LogP contribution in [0.4, 0.5) is 74.6 Å². The molecule has 18 heteroatoms. The van der Waals surface area contributed by atoms with Crippen LogP contribution in [0.3, 0.4) is 0 Å². The summed E-state index contributed by atoms with van der Waals surface area (Å²) in [5.74, 6) is -56.0. The number of epoxide rings is 1. The minimum absolute atomic E-state index is 1.50. The molecule has 1 fully saturated rings. The predicted octanol–water partition coefficient (Wildman–Crippen LogP) is 5.39. The van der Waals surface area contributed by atoms with E-state index in [2.05, 4.69) is 4.74 Å². The van der Waals surface area contributed by atoms with E-state index in [1.165, 1.54) is 0 Å². The van der Waals surface area contributed by atoms with E-state index in [4.69, 9.17) is 0 Å². The highest BCUT2D eigenvalue weighted by molar-refractivity contribution is 5.16. The van der Waals surface area contributed by atoms with Gasteiger partial charge >= 0.3 is 47.6 Å². The van der Waals surface area contributed by atoms with Crippen LogP contribution >= 0.6 is 0 Å². The monoisotopic (exact) mass is 462 g/mol. The Morgan fingerprint density at radius 1 is 0.429 bits per heavy atom. The number of alkyl halides is 17. The molecular formula is C10H3F17O. The second-order valence-electron chi connectivity index (χ2n) is 5.39. The summed E-state index contributed by atoms with van der Waals surface area (Å²) < 4.78 is 221. The first kappa shape index (κ1) is 24.8. The van der Waals surface area contributed by atoms with Crippen LogP contribution in [-0.2, 0) is 4.74 Å². The van der Waals surface area contributed by atoms with Crippen LogP contribution in [0.1, 0.15) is 0 Å². The molecule has 1 rings (SSSR count). The lowest BCUT2D eigenvalue weighted by atomic mass is 9.88. The van der Waals surface area contributed by atoms with Crippen molar-refractivity contribution in [1.29, 1.82) is 0 Å². The Bertz CT molecular complexity index is 598. The Morgan fingerprint density at radius 3 is 0.929 bits per heavy atom. The average Bonchev–Trinajstić information content (AvgIpc) is 3.29. The number of hydrogen-bond donors (Lipinski definition) is 0. The highest BCUT2D eigenvalue weighted by atomic mass is 19.4. The van der Waals surface area contributed by atoms with Gasteiger partial charge in [0.2, 0.25) is 0 Å². The number of ether oxygens (including phenoxy) is 1. The number of halogens is 17. The molecule has 168 valence electrons. The normalized spacial score (nSPS) is 21.1. The Balaban J connectivity index is 3.57. The molecule has 1 nitrogen and oxygen atoms in total. The molecule has 1 heterocycles. The predicted molar refractivity (Wildman–Crippen MR) is 50.4 cm³/mol. The Morgan fingerprint density at radius 2 is 0.679 bits per heavy atom. The highest BCUT2D eigenvalue weighted by Crippen LogP contribution is 2.64. The van der Waals surface area contributed by atoms with Crippen molar-refractivity contribution in [2.75, 3.05) is 6.61 Å². The summed E-state index contributed by atoms with van der Waals surface area (Å²) >= 11 is 0. The van der Waals surface area contributed by atoms with E-state index < -0.39 is 60.3 Å². The van der Waals surface area contributed by atoms with Crippen molar-refractivity contribution in [1.82, 2.24) is 0 Å². The van der Waals surface area contributed by atoms with Crippen molar-refractivity contribution in [3.05, 3.63) is 0 Å². The van der Waals surface area contributed by atoms with Crippen LogP contribution in [0.5, 0.6) is 0 Å². The van der Waals surface area contributed by atoms with Gasteiger partial charge in [-0.25, -0.2) is 0 Å². The molecule has 0 unspecified atom stereocenters. The minimum atomic E-state index is -8.59. The Hall–Kier alpha value is -1.23. The Labute approximate surface area is 141 Å². The zero-order chi connectivity index (χ0) is 23.0. The lowest BCUT2D eigenvalue weighted by Crippen LogP contribution is -2.74. The third-order valence-corrected chi connectivity index (χ3v) is 3.48. The van der Waals surface area contributed by atoms with E-state index in [1.54, 1.807) is 0 Å². The topological polar surface area (TPSA) is 12.5 Å². The molecule has 0 aromatic heterocycles. The summed E-state index contributed by atoms with van der Waals surface area (Å²) in [7, 11) is 0. The van der Waals surface area contributed by atoms with Crippen molar-refractivity contribution in [2.45, 2.75) is 53.7 Å². The third-order valence-electron chi connectivity index (χ3n) is 3.48. The molecule has 0 spiro atoms. The van der Waals surface area contributed by atoms with Crippen LogP contribution < -0.4 is 0 Å². The van der Waals surface area contributed by atoms with Crippen LogP contribution in [0.15, 0.2) is 0 Å². The minimum Gasteiger partial charge on any atom is -0.366 e. The molecule has 1 aliphatic rings. The van der Waals surface area contributed by atoms with E-state index in [1.807, 2.05) is 0 Å². The van der Waals surface area contributed by atoms with Crippen molar-refractivity contribution < 1.29 is 79.4 Å². The van der Waals surface area contributed by atoms with Crippen molar-refractivity contribution >= 4 is 0 Å². The molecule has 0 amide bonds. The van der Waals surface area contributed by atoms with Crippen molar-refractivity contribution in [2.24, 2.45) is 0 Å². The zero-order valence-electron chi connectivity index (χ0n) is 12.1. The maximum absolute atomic E-state index is 13.2. The summed E-state index contributed by atoms with van der Waals surface area (Å²) in [6.07, 6.45) is -11.0. The second-order valence-corrected chi connectivity index (χ2v) is 5.39. The molecule has 1 saturated heterocycles. The maximum atomic E-state index is 13.2. The molecule has 0 bridgehead atoms. The fraction of sp³-hybridized carbons (Fsp3) is 1.00. The van der Waals surface area contributed by atoms with Crippen molar-refractivity contribution in [3.8, 4) is 0 Å². The van der Waals surface area contributed by atoms with Crippen LogP contribution in [0.25, 0.3) is 0 Å². The van der Waals surface area contributed by atoms with Crippen molar-refractivity contribution in [3.63, 3.8) is 0 Å². The second kappa shape index (κ2) is 5.90. The number of hydrogen-bond acceptors (Lipinski definition) is 1. The summed E-state index contributed by atoms with van der Waals surface area (Å²) in [6.45, 7) is -1.50. The molecule has 0 aromatic carbocycles. The molecule has 1 aliphatic heterocycles. The average molecular weight is 462 g/mol. The van der Waals surface area contributed by atoms with Gasteiger partial charge in [-0.3, -0.25) is 0 Å². The molecule has 0 aliphatic carbocycles. The van der Waals surface area contributed by atoms with Gasteiger partial charge in [0, 0.05) is 0 Å². The fourth-order valence-corrected chi connectivity index (χ4v) is 1.64. The van der Waals surface area contributed by atoms with Gasteiger partial charge in [0.15, 0.2) is 6.10 Å². The van der Waals surface area contributed by atoms with Gasteiger partial charge in [0.05, 0.1) is 6.61 Å². The summed E-state index contributed by atoms with van der Waals surface area (Å²) in [5, 5.41) is 0. The first-order valence-corrected chi connectivity index (χ1v) is 6.18. The standard InChI is InChI=1S/C10H3F17O/c11-3(12,2-1-28-2)4(13,14)5(15,16)6(17,18)7(19,20)8(21,22)9(23,24)10(25,26)27/h2H,1H2/t2-/m1/s1.